The van der Waals surface area contributed by atoms with E-state index in [9.17, 15) is 0 Å². The van der Waals surface area contributed by atoms with Crippen LogP contribution in [0.2, 0.25) is 0 Å². The fourth-order valence-corrected chi connectivity index (χ4v) is 4.49. The topological polar surface area (TPSA) is 82.8 Å². The van der Waals surface area contributed by atoms with Crippen LogP contribution >= 0.6 is 0 Å². The van der Waals surface area contributed by atoms with Crippen molar-refractivity contribution in [3.8, 4) is 11.3 Å². The lowest BCUT2D eigenvalue weighted by Gasteiger charge is -2.17. The van der Waals surface area contributed by atoms with Crippen LogP contribution in [0, 0.1) is 6.92 Å². The van der Waals surface area contributed by atoms with Crippen LogP contribution in [0.3, 0.4) is 0 Å². The van der Waals surface area contributed by atoms with Crippen LogP contribution in [0.25, 0.3) is 11.3 Å². The van der Waals surface area contributed by atoms with Crippen molar-refractivity contribution in [3.63, 3.8) is 0 Å². The molecule has 196 valence electrons. The summed E-state index contributed by atoms with van der Waals surface area (Å²) in [4.78, 5) is 0. The van der Waals surface area contributed by atoms with Crippen LogP contribution in [0.4, 0.5) is 0 Å². The summed E-state index contributed by atoms with van der Waals surface area (Å²) in [7, 11) is 0. The van der Waals surface area contributed by atoms with Gasteiger partial charge in [-0.3, -0.25) is 0 Å². The van der Waals surface area contributed by atoms with Gasteiger partial charge in [-0.1, -0.05) is 118 Å². The smallest absolute Gasteiger partial charge is 0.113 e. The van der Waals surface area contributed by atoms with E-state index >= 15 is 0 Å². The summed E-state index contributed by atoms with van der Waals surface area (Å²) in [5, 5.41) is 8.51. The highest BCUT2D eigenvalue weighted by Crippen LogP contribution is 2.19. The summed E-state index contributed by atoms with van der Waals surface area (Å²) in [5.41, 5.74) is 15.8. The first-order valence-electron chi connectivity index (χ1n) is 14.2. The average molecular weight is 482 g/mol. The van der Waals surface area contributed by atoms with Crippen LogP contribution in [0.15, 0.2) is 42.6 Å². The van der Waals surface area contributed by atoms with E-state index in [-0.39, 0.29) is 12.2 Å². The van der Waals surface area contributed by atoms with Gasteiger partial charge in [0.15, 0.2) is 0 Å². The normalized spacial score (nSPS) is 13.5. The number of allylic oxidation sites excluding steroid dienone is 2. The number of benzene rings is 1. The number of hydrogen-bond donors (Lipinski definition) is 2. The highest BCUT2D eigenvalue weighted by atomic mass is 15.5. The summed E-state index contributed by atoms with van der Waals surface area (Å²) >= 11 is 0. The van der Waals surface area contributed by atoms with E-state index in [4.69, 9.17) is 11.5 Å². The van der Waals surface area contributed by atoms with E-state index in [2.05, 4.69) is 60.6 Å². The van der Waals surface area contributed by atoms with Gasteiger partial charge in [-0.05, 0) is 45.4 Å². The zero-order valence-corrected chi connectivity index (χ0v) is 22.5. The summed E-state index contributed by atoms with van der Waals surface area (Å²) in [5.74, 6) is 0. The molecule has 5 heteroatoms. The van der Waals surface area contributed by atoms with Crippen molar-refractivity contribution in [1.29, 1.82) is 0 Å². The minimum atomic E-state index is -0.231. The maximum absolute atomic E-state index is 6.36. The predicted molar refractivity (Wildman–Crippen MR) is 150 cm³/mol. The van der Waals surface area contributed by atoms with Gasteiger partial charge in [-0.2, -0.15) is 0 Å². The van der Waals surface area contributed by atoms with Crippen molar-refractivity contribution < 1.29 is 0 Å². The highest BCUT2D eigenvalue weighted by molar-refractivity contribution is 5.57. The van der Waals surface area contributed by atoms with Gasteiger partial charge in [0.1, 0.15) is 11.9 Å². The summed E-state index contributed by atoms with van der Waals surface area (Å²) < 4.78 is 1.75. The van der Waals surface area contributed by atoms with Crippen LogP contribution in [0.5, 0.6) is 0 Å². The van der Waals surface area contributed by atoms with Gasteiger partial charge in [-0.25, -0.2) is 4.68 Å². The molecule has 0 aliphatic carbocycles. The van der Waals surface area contributed by atoms with Gasteiger partial charge in [0, 0.05) is 11.6 Å². The first-order valence-corrected chi connectivity index (χ1v) is 14.2. The van der Waals surface area contributed by atoms with Gasteiger partial charge >= 0.3 is 0 Å². The van der Waals surface area contributed by atoms with Crippen molar-refractivity contribution in [2.45, 2.75) is 129 Å². The number of rotatable bonds is 20. The second kappa shape index (κ2) is 18.3. The minimum Gasteiger partial charge on any atom is -0.328 e. The second-order valence-corrected chi connectivity index (χ2v) is 10.2. The molecule has 1 aromatic carbocycles. The minimum absolute atomic E-state index is 0.105. The molecule has 0 aliphatic heterocycles. The van der Waals surface area contributed by atoms with Gasteiger partial charge in [0.25, 0.3) is 0 Å². The molecule has 2 atom stereocenters. The third kappa shape index (κ3) is 13.1. The molecule has 35 heavy (non-hydrogen) atoms. The van der Waals surface area contributed by atoms with Crippen LogP contribution in [0.1, 0.15) is 121 Å². The van der Waals surface area contributed by atoms with E-state index < -0.39 is 0 Å². The number of nitrogens with zero attached hydrogens (tertiary/aromatic N) is 3. The molecule has 0 amide bonds. The Morgan fingerprint density at radius 1 is 0.800 bits per heavy atom. The van der Waals surface area contributed by atoms with Crippen LogP contribution < -0.4 is 11.5 Å². The van der Waals surface area contributed by atoms with E-state index in [1.54, 1.807) is 4.68 Å². The first-order chi connectivity index (χ1) is 17.1. The predicted octanol–water partition coefficient (Wildman–Crippen LogP) is 7.86. The molecular formula is C30H51N5. The third-order valence-corrected chi connectivity index (χ3v) is 6.83. The van der Waals surface area contributed by atoms with Crippen LogP contribution in [-0.2, 0) is 0 Å². The monoisotopic (exact) mass is 481 g/mol. The van der Waals surface area contributed by atoms with E-state index in [0.29, 0.717) is 0 Å². The standard InChI is InChI=1S/C30H51N5/c1-3-4-5-6-7-8-9-10-11-12-13-14-15-16-17-18-19-28(31)24-30(32)35-25-29(33-34-35)27-22-20-26(2)21-23-27/h10-11,20-23,25,28,30H,3-9,12-19,24,31-32H2,1-2H3/b11-10-. The molecule has 2 rings (SSSR count). The molecule has 0 spiro atoms. The first kappa shape index (κ1) is 29.3. The fraction of sp³-hybridized carbons (Fsp3) is 0.667. The van der Waals surface area contributed by atoms with Crippen molar-refractivity contribution >= 4 is 0 Å². The highest BCUT2D eigenvalue weighted by Gasteiger charge is 2.14. The molecule has 0 bridgehead atoms. The lowest BCUT2D eigenvalue weighted by molar-refractivity contribution is 0.376. The molecule has 0 saturated carbocycles. The molecule has 0 radical (unpaired) electrons. The number of unbranched alkanes of at least 4 members (excludes halogenated alkanes) is 12. The maximum Gasteiger partial charge on any atom is 0.113 e. The van der Waals surface area contributed by atoms with Crippen molar-refractivity contribution in [1.82, 2.24) is 15.0 Å². The molecule has 0 aliphatic rings. The molecule has 0 fully saturated rings. The number of aryl methyl sites for hydroxylation is 1. The lowest BCUT2D eigenvalue weighted by Crippen LogP contribution is -2.30. The number of nitrogens with two attached hydrogens (primary N) is 2. The SMILES string of the molecule is CCCCCCCC/C=C\CCCCCCCCC(N)CC(N)n1cc(-c2ccc(C)cc2)nn1. The zero-order valence-electron chi connectivity index (χ0n) is 22.5. The molecular weight excluding hydrogens is 430 g/mol. The number of hydrogen-bond acceptors (Lipinski definition) is 4. The molecule has 5 nitrogen and oxygen atoms in total. The Bertz CT molecular complexity index is 795. The summed E-state index contributed by atoms with van der Waals surface area (Å²) in [6.45, 7) is 4.36. The van der Waals surface area contributed by atoms with E-state index in [1.807, 2.05) is 6.20 Å². The van der Waals surface area contributed by atoms with E-state index in [0.717, 1.165) is 24.1 Å². The largest absolute Gasteiger partial charge is 0.328 e. The Kier molecular flexibility index (Phi) is 15.3. The molecule has 2 unspecified atom stereocenters. The maximum atomic E-state index is 6.36. The lowest BCUT2D eigenvalue weighted by atomic mass is 10.0. The Labute approximate surface area is 214 Å². The van der Waals surface area contributed by atoms with Gasteiger partial charge in [0.05, 0.1) is 6.20 Å². The molecule has 0 saturated heterocycles. The Morgan fingerprint density at radius 2 is 1.37 bits per heavy atom. The quantitative estimate of drug-likeness (QED) is 0.149. The molecule has 4 N–H and O–H groups in total. The van der Waals surface area contributed by atoms with Crippen LogP contribution in [-0.4, -0.2) is 21.0 Å². The van der Waals surface area contributed by atoms with Gasteiger partial charge in [-0.15, -0.1) is 5.10 Å². The zero-order chi connectivity index (χ0) is 25.1. The fourth-order valence-electron chi connectivity index (χ4n) is 4.49. The number of aromatic nitrogens is 3. The van der Waals surface area contributed by atoms with Crippen molar-refractivity contribution in [3.05, 3.63) is 48.2 Å². The van der Waals surface area contributed by atoms with Gasteiger partial charge in [0.2, 0.25) is 0 Å². The average Bonchev–Trinajstić information content (AvgIpc) is 3.35. The Morgan fingerprint density at radius 3 is 2.00 bits per heavy atom. The molecule has 2 aromatic rings. The summed E-state index contributed by atoms with van der Waals surface area (Å²) in [6.07, 6.45) is 26.8. The van der Waals surface area contributed by atoms with E-state index in [1.165, 1.54) is 95.5 Å². The molecule has 1 heterocycles. The Balaban J connectivity index is 1.45. The summed E-state index contributed by atoms with van der Waals surface area (Å²) in [6, 6.07) is 8.40. The van der Waals surface area contributed by atoms with Crippen molar-refractivity contribution in [2.75, 3.05) is 0 Å². The molecule has 1 aromatic heterocycles. The Hall–Kier alpha value is -1.98. The second-order valence-electron chi connectivity index (χ2n) is 10.2. The third-order valence-electron chi connectivity index (χ3n) is 6.83. The van der Waals surface area contributed by atoms with Gasteiger partial charge < -0.3 is 11.5 Å². The van der Waals surface area contributed by atoms with Crippen molar-refractivity contribution in [2.24, 2.45) is 11.5 Å².